The van der Waals surface area contributed by atoms with Crippen molar-refractivity contribution in [3.05, 3.63) is 11.8 Å². The third kappa shape index (κ3) is 2.10. The second-order valence-corrected chi connectivity index (χ2v) is 2.41. The van der Waals surface area contributed by atoms with Gasteiger partial charge in [-0.05, 0) is 24.8 Å². The summed E-state index contributed by atoms with van der Waals surface area (Å²) >= 11 is 0. The molecule has 0 amide bonds. The van der Waals surface area contributed by atoms with Gasteiger partial charge in [0.15, 0.2) is 0 Å². The van der Waals surface area contributed by atoms with E-state index in [0.29, 0.717) is 6.42 Å². The second-order valence-electron chi connectivity index (χ2n) is 2.41. The zero-order valence-electron chi connectivity index (χ0n) is 5.97. The minimum Gasteiger partial charge on any atom is -0.501 e. The van der Waals surface area contributed by atoms with Gasteiger partial charge in [-0.1, -0.05) is 0 Å². The number of ether oxygens (including phenoxy) is 1. The first-order valence-electron chi connectivity index (χ1n) is 3.60. The van der Waals surface area contributed by atoms with Crippen molar-refractivity contribution in [2.45, 2.75) is 25.7 Å². The van der Waals surface area contributed by atoms with Crippen molar-refractivity contribution in [2.24, 2.45) is 0 Å². The van der Waals surface area contributed by atoms with Gasteiger partial charge >= 0.3 is 0 Å². The molecule has 1 aliphatic rings. The van der Waals surface area contributed by atoms with Gasteiger partial charge in [-0.25, -0.2) is 0 Å². The van der Waals surface area contributed by atoms with Gasteiger partial charge in [-0.2, -0.15) is 5.26 Å². The molecular weight excluding hydrogens is 126 g/mol. The first-order chi connectivity index (χ1) is 4.93. The Morgan fingerprint density at radius 2 is 2.60 bits per heavy atom. The molecule has 0 aromatic rings. The Morgan fingerprint density at radius 1 is 1.70 bits per heavy atom. The van der Waals surface area contributed by atoms with Crippen molar-refractivity contribution < 1.29 is 4.74 Å². The average Bonchev–Trinajstić information content (AvgIpc) is 2.03. The van der Waals surface area contributed by atoms with Crippen LogP contribution in [0.2, 0.25) is 0 Å². The number of hydrogen-bond donors (Lipinski definition) is 0. The lowest BCUT2D eigenvalue weighted by Gasteiger charge is -2.11. The molecule has 54 valence electrons. The maximum absolute atomic E-state index is 8.28. The normalized spacial score (nSPS) is 16.9. The zero-order chi connectivity index (χ0) is 7.23. The molecule has 0 saturated carbocycles. The Hall–Kier alpha value is -0.970. The van der Waals surface area contributed by atoms with Crippen LogP contribution in [0.5, 0.6) is 0 Å². The number of allylic oxidation sites excluding steroid dienone is 1. The Labute approximate surface area is 61.1 Å². The Bertz CT molecular complexity index is 167. The molecule has 2 nitrogen and oxygen atoms in total. The van der Waals surface area contributed by atoms with Crippen LogP contribution in [0, 0.1) is 11.3 Å². The Balaban J connectivity index is 2.26. The van der Waals surface area contributed by atoms with Gasteiger partial charge in [0.05, 0.1) is 18.9 Å². The predicted molar refractivity (Wildman–Crippen MR) is 38.1 cm³/mol. The summed E-state index contributed by atoms with van der Waals surface area (Å²) in [5.74, 6) is 0. The SMILES string of the molecule is N#CCCC1=COCCC1. The van der Waals surface area contributed by atoms with Crippen LogP contribution in [0.3, 0.4) is 0 Å². The van der Waals surface area contributed by atoms with E-state index in [4.69, 9.17) is 10.00 Å². The summed E-state index contributed by atoms with van der Waals surface area (Å²) in [5, 5.41) is 8.28. The second kappa shape index (κ2) is 3.94. The lowest BCUT2D eigenvalue weighted by atomic mass is 10.1. The van der Waals surface area contributed by atoms with Crippen LogP contribution < -0.4 is 0 Å². The first-order valence-corrected chi connectivity index (χ1v) is 3.60. The van der Waals surface area contributed by atoms with E-state index in [2.05, 4.69) is 6.07 Å². The molecule has 10 heavy (non-hydrogen) atoms. The van der Waals surface area contributed by atoms with Crippen LogP contribution in [0.25, 0.3) is 0 Å². The van der Waals surface area contributed by atoms with Gasteiger partial charge in [0, 0.05) is 6.42 Å². The smallest absolute Gasteiger partial charge is 0.0876 e. The molecule has 1 heterocycles. The van der Waals surface area contributed by atoms with E-state index in [9.17, 15) is 0 Å². The van der Waals surface area contributed by atoms with E-state index in [1.54, 1.807) is 6.26 Å². The molecule has 1 rings (SSSR count). The maximum Gasteiger partial charge on any atom is 0.0876 e. The first kappa shape index (κ1) is 7.14. The van der Waals surface area contributed by atoms with Gasteiger partial charge in [0.1, 0.15) is 0 Å². The molecule has 1 aliphatic heterocycles. The van der Waals surface area contributed by atoms with E-state index >= 15 is 0 Å². The number of nitrogens with zero attached hydrogens (tertiary/aromatic N) is 1. The third-order valence-electron chi connectivity index (χ3n) is 1.57. The molecule has 0 atom stereocenters. The molecule has 0 spiro atoms. The number of hydrogen-bond acceptors (Lipinski definition) is 2. The number of nitriles is 1. The van der Waals surface area contributed by atoms with Gasteiger partial charge in [-0.15, -0.1) is 0 Å². The highest BCUT2D eigenvalue weighted by Gasteiger charge is 2.02. The van der Waals surface area contributed by atoms with Gasteiger partial charge in [0.2, 0.25) is 0 Å². The summed E-state index contributed by atoms with van der Waals surface area (Å²) in [6.45, 7) is 0.843. The molecule has 0 radical (unpaired) electrons. The van der Waals surface area contributed by atoms with Crippen LogP contribution in [0.4, 0.5) is 0 Å². The van der Waals surface area contributed by atoms with E-state index in [0.717, 1.165) is 25.9 Å². The maximum atomic E-state index is 8.28. The van der Waals surface area contributed by atoms with Crippen molar-refractivity contribution in [1.29, 1.82) is 5.26 Å². The van der Waals surface area contributed by atoms with E-state index < -0.39 is 0 Å². The summed E-state index contributed by atoms with van der Waals surface area (Å²) in [5.41, 5.74) is 1.28. The van der Waals surface area contributed by atoms with Crippen LogP contribution in [-0.4, -0.2) is 6.61 Å². The van der Waals surface area contributed by atoms with Crippen molar-refractivity contribution in [3.63, 3.8) is 0 Å². The average molecular weight is 137 g/mol. The molecule has 0 unspecified atom stereocenters. The quantitative estimate of drug-likeness (QED) is 0.583. The van der Waals surface area contributed by atoms with Gasteiger partial charge < -0.3 is 4.74 Å². The fourth-order valence-corrected chi connectivity index (χ4v) is 1.02. The molecule has 0 aromatic heterocycles. The van der Waals surface area contributed by atoms with Crippen LogP contribution in [0.15, 0.2) is 11.8 Å². The fourth-order valence-electron chi connectivity index (χ4n) is 1.02. The molecule has 0 bridgehead atoms. The highest BCUT2D eigenvalue weighted by atomic mass is 16.5. The molecular formula is C8H11NO. The third-order valence-corrected chi connectivity index (χ3v) is 1.57. The van der Waals surface area contributed by atoms with Crippen molar-refractivity contribution >= 4 is 0 Å². The molecule has 0 fully saturated rings. The van der Waals surface area contributed by atoms with Gasteiger partial charge in [0.25, 0.3) is 0 Å². The van der Waals surface area contributed by atoms with Gasteiger partial charge in [-0.3, -0.25) is 0 Å². The minimum absolute atomic E-state index is 0.620. The lowest BCUT2D eigenvalue weighted by Crippen LogP contribution is -1.98. The minimum atomic E-state index is 0.620. The lowest BCUT2D eigenvalue weighted by molar-refractivity contribution is 0.223. The van der Waals surface area contributed by atoms with Crippen LogP contribution >= 0.6 is 0 Å². The summed E-state index contributed by atoms with van der Waals surface area (Å²) in [6.07, 6.45) is 5.53. The predicted octanol–water partition coefficient (Wildman–Crippen LogP) is 1.98. The number of rotatable bonds is 2. The molecule has 0 N–H and O–H groups in total. The van der Waals surface area contributed by atoms with E-state index in [1.165, 1.54) is 5.57 Å². The van der Waals surface area contributed by atoms with Crippen molar-refractivity contribution in [1.82, 2.24) is 0 Å². The largest absolute Gasteiger partial charge is 0.501 e. The monoisotopic (exact) mass is 137 g/mol. The fraction of sp³-hybridized carbons (Fsp3) is 0.625. The van der Waals surface area contributed by atoms with Crippen molar-refractivity contribution in [3.8, 4) is 6.07 Å². The highest BCUT2D eigenvalue weighted by Crippen LogP contribution is 2.15. The molecule has 2 heteroatoms. The van der Waals surface area contributed by atoms with Crippen LogP contribution in [-0.2, 0) is 4.74 Å². The standard InChI is InChI=1S/C8H11NO/c9-5-1-3-8-4-2-6-10-7-8/h7H,1-4,6H2. The molecule has 0 aliphatic carbocycles. The molecule has 0 aromatic carbocycles. The summed E-state index contributed by atoms with van der Waals surface area (Å²) < 4.78 is 5.11. The summed E-state index contributed by atoms with van der Waals surface area (Å²) in [4.78, 5) is 0. The van der Waals surface area contributed by atoms with E-state index in [-0.39, 0.29) is 0 Å². The summed E-state index contributed by atoms with van der Waals surface area (Å²) in [7, 11) is 0. The van der Waals surface area contributed by atoms with E-state index in [1.807, 2.05) is 0 Å². The Morgan fingerprint density at radius 3 is 3.20 bits per heavy atom. The van der Waals surface area contributed by atoms with Crippen molar-refractivity contribution in [2.75, 3.05) is 6.61 Å². The Kier molecular flexibility index (Phi) is 2.82. The topological polar surface area (TPSA) is 33.0 Å². The summed E-state index contributed by atoms with van der Waals surface area (Å²) in [6, 6.07) is 2.12. The zero-order valence-corrected chi connectivity index (χ0v) is 5.97. The van der Waals surface area contributed by atoms with Crippen LogP contribution in [0.1, 0.15) is 25.7 Å². The highest BCUT2D eigenvalue weighted by molar-refractivity contribution is 5.01. The molecule has 0 saturated heterocycles.